The van der Waals surface area contributed by atoms with Gasteiger partial charge in [0.1, 0.15) is 11.9 Å². The van der Waals surface area contributed by atoms with Crippen molar-refractivity contribution in [2.45, 2.75) is 30.9 Å². The third-order valence-electron chi connectivity index (χ3n) is 5.31. The van der Waals surface area contributed by atoms with Crippen LogP contribution in [0.1, 0.15) is 18.9 Å². The lowest BCUT2D eigenvalue weighted by Gasteiger charge is -2.37. The van der Waals surface area contributed by atoms with Gasteiger partial charge in [-0.2, -0.15) is 0 Å². The number of piperidine rings is 1. The van der Waals surface area contributed by atoms with Gasteiger partial charge >= 0.3 is 0 Å². The molecule has 1 aromatic heterocycles. The number of likely N-dealkylation sites (tertiary alicyclic amines) is 1. The SMILES string of the molecule is C[C@@H]1CN(Cc2ccccc2)CC[C@@H]1Oc1ccc(S(=O)(=O)Nc2nccs2)cc1Cl. The number of halogens is 1. The molecule has 1 saturated heterocycles. The van der Waals surface area contributed by atoms with Gasteiger partial charge in [0, 0.05) is 37.1 Å². The maximum atomic E-state index is 12.5. The molecule has 2 heterocycles. The molecule has 1 fully saturated rings. The fourth-order valence-corrected chi connectivity index (χ4v) is 5.83. The molecule has 0 amide bonds. The fraction of sp³-hybridized carbons (Fsp3) is 0.318. The summed E-state index contributed by atoms with van der Waals surface area (Å²) < 4.78 is 33.7. The molecule has 164 valence electrons. The van der Waals surface area contributed by atoms with Crippen molar-refractivity contribution in [1.29, 1.82) is 0 Å². The summed E-state index contributed by atoms with van der Waals surface area (Å²) >= 11 is 7.59. The zero-order chi connectivity index (χ0) is 21.8. The summed E-state index contributed by atoms with van der Waals surface area (Å²) in [4.78, 5) is 6.46. The van der Waals surface area contributed by atoms with Gasteiger partial charge in [0.15, 0.2) is 5.13 Å². The van der Waals surface area contributed by atoms with Crippen LogP contribution in [0.3, 0.4) is 0 Å². The molecule has 0 spiro atoms. The van der Waals surface area contributed by atoms with Gasteiger partial charge in [-0.15, -0.1) is 11.3 Å². The first-order chi connectivity index (χ1) is 14.9. The lowest BCUT2D eigenvalue weighted by atomic mass is 9.96. The molecule has 31 heavy (non-hydrogen) atoms. The van der Waals surface area contributed by atoms with Crippen molar-refractivity contribution in [3.8, 4) is 5.75 Å². The number of hydrogen-bond acceptors (Lipinski definition) is 6. The van der Waals surface area contributed by atoms with Crippen molar-refractivity contribution >= 4 is 38.1 Å². The van der Waals surface area contributed by atoms with Crippen LogP contribution in [0.2, 0.25) is 5.02 Å². The maximum absolute atomic E-state index is 12.5. The summed E-state index contributed by atoms with van der Waals surface area (Å²) in [6.07, 6.45) is 2.45. The monoisotopic (exact) mass is 477 g/mol. The highest BCUT2D eigenvalue weighted by Gasteiger charge is 2.28. The minimum absolute atomic E-state index is 0.0282. The predicted octanol–water partition coefficient (Wildman–Crippen LogP) is 4.89. The largest absolute Gasteiger partial charge is 0.488 e. The average Bonchev–Trinajstić information content (AvgIpc) is 3.24. The summed E-state index contributed by atoms with van der Waals surface area (Å²) in [5.41, 5.74) is 1.31. The first-order valence-electron chi connectivity index (χ1n) is 10.1. The predicted molar refractivity (Wildman–Crippen MR) is 124 cm³/mol. The van der Waals surface area contributed by atoms with Crippen molar-refractivity contribution in [2.24, 2.45) is 5.92 Å². The van der Waals surface area contributed by atoms with Crippen LogP contribution in [-0.4, -0.2) is 37.5 Å². The van der Waals surface area contributed by atoms with Gasteiger partial charge in [0.2, 0.25) is 0 Å². The number of hydrogen-bond donors (Lipinski definition) is 1. The summed E-state index contributed by atoms with van der Waals surface area (Å²) in [7, 11) is -3.75. The highest BCUT2D eigenvalue weighted by atomic mass is 35.5. The Morgan fingerprint density at radius 2 is 2.06 bits per heavy atom. The van der Waals surface area contributed by atoms with Crippen molar-refractivity contribution in [3.05, 3.63) is 70.7 Å². The summed E-state index contributed by atoms with van der Waals surface area (Å²) in [6, 6.07) is 15.0. The van der Waals surface area contributed by atoms with Crippen molar-refractivity contribution in [2.75, 3.05) is 17.8 Å². The number of rotatable bonds is 7. The zero-order valence-electron chi connectivity index (χ0n) is 17.1. The van der Waals surface area contributed by atoms with E-state index < -0.39 is 10.0 Å². The molecule has 0 aliphatic carbocycles. The second-order valence-corrected chi connectivity index (χ2v) is 10.7. The van der Waals surface area contributed by atoms with Crippen LogP contribution in [0.4, 0.5) is 5.13 Å². The van der Waals surface area contributed by atoms with E-state index in [1.807, 2.05) is 6.07 Å². The minimum Gasteiger partial charge on any atom is -0.488 e. The fourth-order valence-electron chi connectivity index (χ4n) is 3.73. The van der Waals surface area contributed by atoms with Crippen LogP contribution < -0.4 is 9.46 Å². The van der Waals surface area contributed by atoms with Gasteiger partial charge in [0.05, 0.1) is 9.92 Å². The van der Waals surface area contributed by atoms with E-state index >= 15 is 0 Å². The molecule has 0 saturated carbocycles. The first-order valence-corrected chi connectivity index (χ1v) is 12.8. The molecule has 3 aromatic rings. The zero-order valence-corrected chi connectivity index (χ0v) is 19.5. The number of nitrogens with one attached hydrogen (secondary N) is 1. The number of nitrogens with zero attached hydrogens (tertiary/aromatic N) is 2. The average molecular weight is 478 g/mol. The van der Waals surface area contributed by atoms with Crippen molar-refractivity contribution in [3.63, 3.8) is 0 Å². The molecular formula is C22H24ClN3O3S2. The molecule has 4 rings (SSSR count). The van der Waals surface area contributed by atoms with Gasteiger partial charge in [-0.05, 0) is 30.2 Å². The number of benzene rings is 2. The Morgan fingerprint density at radius 1 is 1.26 bits per heavy atom. The van der Waals surface area contributed by atoms with Crippen LogP contribution in [0.15, 0.2) is 65.0 Å². The Hall–Kier alpha value is -2.13. The Balaban J connectivity index is 1.38. The van der Waals surface area contributed by atoms with Crippen LogP contribution in [0.5, 0.6) is 5.75 Å². The first kappa shape index (κ1) is 22.1. The normalized spacial score (nSPS) is 19.8. The number of thiazole rings is 1. The maximum Gasteiger partial charge on any atom is 0.263 e. The Bertz CT molecular complexity index is 1110. The number of sulfonamides is 1. The second-order valence-electron chi connectivity index (χ2n) is 7.68. The van der Waals surface area contributed by atoms with Gasteiger partial charge < -0.3 is 4.74 Å². The van der Waals surface area contributed by atoms with Crippen LogP contribution >= 0.6 is 22.9 Å². The van der Waals surface area contributed by atoms with Crippen molar-refractivity contribution in [1.82, 2.24) is 9.88 Å². The van der Waals surface area contributed by atoms with Gasteiger partial charge in [-0.3, -0.25) is 9.62 Å². The van der Waals surface area contributed by atoms with E-state index in [1.165, 1.54) is 29.0 Å². The number of ether oxygens (including phenoxy) is 1. The Kier molecular flexibility index (Phi) is 6.81. The van der Waals surface area contributed by atoms with E-state index in [4.69, 9.17) is 16.3 Å². The molecule has 0 radical (unpaired) electrons. The molecule has 1 N–H and O–H groups in total. The van der Waals surface area contributed by atoms with E-state index in [0.717, 1.165) is 26.1 Å². The molecule has 2 aromatic carbocycles. The Morgan fingerprint density at radius 3 is 2.74 bits per heavy atom. The molecule has 9 heteroatoms. The lowest BCUT2D eigenvalue weighted by molar-refractivity contribution is 0.0490. The van der Waals surface area contributed by atoms with Gasteiger partial charge in [0.25, 0.3) is 10.0 Å². The molecule has 1 aliphatic heterocycles. The topological polar surface area (TPSA) is 71.5 Å². The lowest BCUT2D eigenvalue weighted by Crippen LogP contribution is -2.44. The van der Waals surface area contributed by atoms with Crippen LogP contribution in [0.25, 0.3) is 0 Å². The number of aromatic nitrogens is 1. The highest BCUT2D eigenvalue weighted by molar-refractivity contribution is 7.93. The summed E-state index contributed by atoms with van der Waals surface area (Å²) in [5.74, 6) is 0.826. The molecular weight excluding hydrogens is 454 g/mol. The quantitative estimate of drug-likeness (QED) is 0.524. The second kappa shape index (κ2) is 9.56. The number of anilines is 1. The third kappa shape index (κ3) is 5.57. The summed E-state index contributed by atoms with van der Waals surface area (Å²) in [6.45, 7) is 4.97. The minimum atomic E-state index is -3.75. The molecule has 0 bridgehead atoms. The van der Waals surface area contributed by atoms with E-state index in [-0.39, 0.29) is 16.0 Å². The molecule has 0 unspecified atom stereocenters. The van der Waals surface area contributed by atoms with Crippen LogP contribution in [0, 0.1) is 5.92 Å². The summed E-state index contributed by atoms with van der Waals surface area (Å²) in [5, 5.41) is 2.29. The smallest absolute Gasteiger partial charge is 0.263 e. The highest BCUT2D eigenvalue weighted by Crippen LogP contribution is 2.32. The molecule has 2 atom stereocenters. The van der Waals surface area contributed by atoms with E-state index in [1.54, 1.807) is 17.6 Å². The van der Waals surface area contributed by atoms with Gasteiger partial charge in [-0.1, -0.05) is 48.9 Å². The standard InChI is InChI=1S/C22H24ClN3O3S2/c1-16-14-26(15-17-5-3-2-4-6-17)11-9-20(16)29-21-8-7-18(13-19(21)23)31(27,28)25-22-24-10-12-30-22/h2-8,10,12-13,16,20H,9,11,14-15H2,1H3,(H,24,25)/t16-,20+/m1/s1. The third-order valence-corrected chi connectivity index (χ3v) is 7.76. The van der Waals surface area contributed by atoms with Crippen molar-refractivity contribution < 1.29 is 13.2 Å². The van der Waals surface area contributed by atoms with E-state index in [9.17, 15) is 8.42 Å². The van der Waals surface area contributed by atoms with Gasteiger partial charge in [-0.25, -0.2) is 13.4 Å². The molecule has 1 aliphatic rings. The Labute approximate surface area is 191 Å². The van der Waals surface area contributed by atoms with E-state index in [2.05, 4.69) is 45.8 Å². The van der Waals surface area contributed by atoms with E-state index in [0.29, 0.717) is 16.8 Å². The van der Waals surface area contributed by atoms with Crippen LogP contribution in [-0.2, 0) is 16.6 Å². The molecule has 6 nitrogen and oxygen atoms in total.